The van der Waals surface area contributed by atoms with Crippen molar-refractivity contribution in [1.82, 2.24) is 0 Å². The van der Waals surface area contributed by atoms with Crippen LogP contribution in [0.2, 0.25) is 0 Å². The van der Waals surface area contributed by atoms with E-state index < -0.39 is 9.13 Å². The number of hydrogen-bond donors (Lipinski definition) is 0. The van der Waals surface area contributed by atoms with E-state index in [1.54, 1.807) is 0 Å². The zero-order chi connectivity index (χ0) is 5.91. The maximum absolute atomic E-state index is 11.2. The number of rotatable bonds is 1. The predicted molar refractivity (Wildman–Crippen MR) is 33.9 cm³/mol. The summed E-state index contributed by atoms with van der Waals surface area (Å²) in [5.74, 6) is 0. The van der Waals surface area contributed by atoms with Crippen LogP contribution >= 0.6 is 46.6 Å². The monoisotopic (exact) mass is 182 g/mol. The molecule has 0 aromatic carbocycles. The Kier molecular flexibility index (Phi) is 3.76. The van der Waals surface area contributed by atoms with Crippen molar-refractivity contribution in [3.63, 3.8) is 0 Å². The molecule has 0 aromatic rings. The maximum Gasteiger partial charge on any atom is 0.239 e. The van der Waals surface area contributed by atoms with E-state index in [0.717, 1.165) is 0 Å². The van der Waals surface area contributed by atoms with Gasteiger partial charge in [0.25, 0.3) is 0 Å². The molecular formula is C2H2Cl3FS. The van der Waals surface area contributed by atoms with Gasteiger partial charge in [-0.1, -0.05) is 46.6 Å². The van der Waals surface area contributed by atoms with Crippen LogP contribution in [0.15, 0.2) is 0 Å². The lowest BCUT2D eigenvalue weighted by Gasteiger charge is -2.03. The summed E-state index contributed by atoms with van der Waals surface area (Å²) in [7, 11) is 0. The van der Waals surface area contributed by atoms with Gasteiger partial charge in [0.15, 0.2) is 0 Å². The average Bonchev–Trinajstić information content (AvgIpc) is 1.30. The minimum Gasteiger partial charge on any atom is -0.239 e. The highest BCUT2D eigenvalue weighted by Gasteiger charge is 2.18. The molecule has 0 atom stereocenters. The SMILES string of the molecule is FCSC(Cl)(Cl)Cl. The normalized spacial score (nSPS) is 12.0. The average molecular weight is 183 g/mol. The summed E-state index contributed by atoms with van der Waals surface area (Å²) in [4.78, 5) is 0. The van der Waals surface area contributed by atoms with Crippen LogP contribution in [0.25, 0.3) is 0 Å². The Bertz CT molecular complexity index is 51.4. The molecule has 0 unspecified atom stereocenters. The topological polar surface area (TPSA) is 0 Å². The van der Waals surface area contributed by atoms with E-state index in [2.05, 4.69) is 0 Å². The van der Waals surface area contributed by atoms with Crippen molar-refractivity contribution in [3.05, 3.63) is 0 Å². The molecular weight excluding hydrogens is 181 g/mol. The first-order valence-electron chi connectivity index (χ1n) is 1.33. The minimum absolute atomic E-state index is 0.618. The summed E-state index contributed by atoms with van der Waals surface area (Å²) in [6.45, 7) is 0. The fourth-order valence-electron chi connectivity index (χ4n) is 0.0619. The molecule has 0 aliphatic heterocycles. The molecule has 0 rings (SSSR count). The summed E-state index contributed by atoms with van der Waals surface area (Å²) in [6, 6.07) is -0.670. The lowest BCUT2D eigenvalue weighted by molar-refractivity contribution is 0.606. The minimum atomic E-state index is -1.49. The van der Waals surface area contributed by atoms with E-state index in [1.165, 1.54) is 0 Å². The predicted octanol–water partition coefficient (Wildman–Crippen LogP) is 2.97. The van der Waals surface area contributed by atoms with Crippen LogP contribution in [-0.4, -0.2) is 9.13 Å². The molecule has 0 amide bonds. The van der Waals surface area contributed by atoms with Crippen LogP contribution < -0.4 is 0 Å². The fraction of sp³-hybridized carbons (Fsp3) is 1.00. The van der Waals surface area contributed by atoms with Gasteiger partial charge in [0, 0.05) is 0 Å². The smallest absolute Gasteiger partial charge is 0.239 e. The zero-order valence-corrected chi connectivity index (χ0v) is 6.21. The zero-order valence-electron chi connectivity index (χ0n) is 3.13. The van der Waals surface area contributed by atoms with Crippen LogP contribution in [0.4, 0.5) is 4.39 Å². The van der Waals surface area contributed by atoms with Crippen LogP contribution in [-0.2, 0) is 0 Å². The van der Waals surface area contributed by atoms with E-state index in [4.69, 9.17) is 34.8 Å². The first-order chi connectivity index (χ1) is 3.06. The molecule has 0 spiro atoms. The van der Waals surface area contributed by atoms with Gasteiger partial charge in [-0.15, -0.1) is 0 Å². The van der Waals surface area contributed by atoms with E-state index in [-0.39, 0.29) is 0 Å². The third-order valence-corrected chi connectivity index (χ3v) is 1.64. The second-order valence-electron chi connectivity index (χ2n) is 0.699. The number of alkyl halides is 4. The fourth-order valence-corrected chi connectivity index (χ4v) is 0.557. The molecule has 0 fully saturated rings. The number of hydrogen-bond acceptors (Lipinski definition) is 1. The van der Waals surface area contributed by atoms with Gasteiger partial charge >= 0.3 is 0 Å². The highest BCUT2D eigenvalue weighted by molar-refractivity contribution is 8.04. The van der Waals surface area contributed by atoms with E-state index in [1.807, 2.05) is 0 Å². The quantitative estimate of drug-likeness (QED) is 0.563. The third-order valence-electron chi connectivity index (χ3n) is 0.218. The van der Waals surface area contributed by atoms with Crippen molar-refractivity contribution in [2.45, 2.75) is 3.12 Å². The largest absolute Gasteiger partial charge is 0.239 e. The summed E-state index contributed by atoms with van der Waals surface area (Å²) in [5.41, 5.74) is 0. The van der Waals surface area contributed by atoms with Crippen molar-refractivity contribution in [2.75, 3.05) is 6.01 Å². The molecule has 7 heavy (non-hydrogen) atoms. The van der Waals surface area contributed by atoms with Crippen molar-refractivity contribution < 1.29 is 4.39 Å². The van der Waals surface area contributed by atoms with Gasteiger partial charge < -0.3 is 0 Å². The van der Waals surface area contributed by atoms with Crippen molar-refractivity contribution in [1.29, 1.82) is 0 Å². The second kappa shape index (κ2) is 3.23. The van der Waals surface area contributed by atoms with Crippen LogP contribution in [0, 0.1) is 0 Å². The molecule has 0 saturated heterocycles. The molecule has 0 aromatic heterocycles. The lowest BCUT2D eigenvalue weighted by Crippen LogP contribution is -1.92. The molecule has 5 heteroatoms. The Labute approximate surface area is 60.3 Å². The summed E-state index contributed by atoms with van der Waals surface area (Å²) in [6.07, 6.45) is 0. The third kappa shape index (κ3) is 7.15. The summed E-state index contributed by atoms with van der Waals surface area (Å²) in [5, 5.41) is 0. The molecule has 0 aliphatic carbocycles. The summed E-state index contributed by atoms with van der Waals surface area (Å²) < 4.78 is 9.71. The van der Waals surface area contributed by atoms with Gasteiger partial charge in [-0.05, 0) is 0 Å². The van der Waals surface area contributed by atoms with Gasteiger partial charge in [-0.3, -0.25) is 0 Å². The van der Waals surface area contributed by atoms with Gasteiger partial charge in [0.05, 0.1) is 0 Å². The Morgan fingerprint density at radius 3 is 1.86 bits per heavy atom. The Balaban J connectivity index is 3.15. The van der Waals surface area contributed by atoms with E-state index in [0.29, 0.717) is 11.8 Å². The maximum atomic E-state index is 11.2. The Morgan fingerprint density at radius 2 is 1.86 bits per heavy atom. The molecule has 0 heterocycles. The standard InChI is InChI=1S/C2H2Cl3FS/c3-2(4,5)7-1-6/h1H2. The first-order valence-corrected chi connectivity index (χ1v) is 3.45. The number of halogens is 4. The van der Waals surface area contributed by atoms with Crippen LogP contribution in [0.5, 0.6) is 0 Å². The van der Waals surface area contributed by atoms with E-state index >= 15 is 0 Å². The van der Waals surface area contributed by atoms with Crippen LogP contribution in [0.3, 0.4) is 0 Å². The van der Waals surface area contributed by atoms with Crippen molar-refractivity contribution in [3.8, 4) is 0 Å². The molecule has 44 valence electrons. The molecule has 0 radical (unpaired) electrons. The van der Waals surface area contributed by atoms with E-state index in [9.17, 15) is 4.39 Å². The van der Waals surface area contributed by atoms with Crippen LogP contribution in [0.1, 0.15) is 0 Å². The molecule has 0 aliphatic rings. The molecule has 0 bridgehead atoms. The molecule has 0 N–H and O–H groups in total. The highest BCUT2D eigenvalue weighted by atomic mass is 35.6. The van der Waals surface area contributed by atoms with Crippen molar-refractivity contribution in [2.24, 2.45) is 0 Å². The van der Waals surface area contributed by atoms with Gasteiger partial charge in [0.1, 0.15) is 6.01 Å². The number of thioether (sulfide) groups is 1. The first kappa shape index (κ1) is 8.15. The second-order valence-corrected chi connectivity index (χ2v) is 4.77. The molecule has 0 saturated carbocycles. The van der Waals surface area contributed by atoms with Gasteiger partial charge in [-0.25, -0.2) is 4.39 Å². The Hall–Kier alpha value is 1.15. The summed E-state index contributed by atoms with van der Waals surface area (Å²) >= 11 is 15.9. The van der Waals surface area contributed by atoms with Crippen molar-refractivity contribution >= 4 is 46.6 Å². The van der Waals surface area contributed by atoms with Gasteiger partial charge in [0.2, 0.25) is 3.12 Å². The molecule has 0 nitrogen and oxygen atoms in total. The Morgan fingerprint density at radius 1 is 1.43 bits per heavy atom. The highest BCUT2D eigenvalue weighted by Crippen LogP contribution is 2.38. The lowest BCUT2D eigenvalue weighted by atomic mass is 11.8. The van der Waals surface area contributed by atoms with Gasteiger partial charge in [-0.2, -0.15) is 0 Å².